The Labute approximate surface area is 105 Å². The van der Waals surface area contributed by atoms with E-state index in [1.165, 1.54) is 25.4 Å². The fraction of sp³-hybridized carbons (Fsp3) is 0.455. The number of carbonyl (C=O) groups is 1. The van der Waals surface area contributed by atoms with Crippen LogP contribution >= 0.6 is 12.6 Å². The number of aromatic nitrogens is 1. The Hall–Kier alpha value is -1.11. The second kappa shape index (κ2) is 6.58. The van der Waals surface area contributed by atoms with Gasteiger partial charge in [-0.2, -0.15) is 12.6 Å². The molecule has 0 saturated carbocycles. The lowest BCUT2D eigenvalue weighted by molar-refractivity contribution is 0.0146. The van der Waals surface area contributed by atoms with Crippen LogP contribution in [0, 0.1) is 0 Å². The molecular formula is C11H15NO4S. The maximum Gasteiger partial charge on any atom is 0.339 e. The molecule has 17 heavy (non-hydrogen) atoms. The average Bonchev–Trinajstić information content (AvgIpc) is 2.37. The molecule has 1 aromatic rings. The Morgan fingerprint density at radius 1 is 1.53 bits per heavy atom. The molecule has 0 fully saturated rings. The molecule has 5 nitrogen and oxygen atoms in total. The van der Waals surface area contributed by atoms with E-state index in [1.54, 1.807) is 0 Å². The summed E-state index contributed by atoms with van der Waals surface area (Å²) in [4.78, 5) is 15.1. The van der Waals surface area contributed by atoms with Gasteiger partial charge in [0.2, 0.25) is 0 Å². The van der Waals surface area contributed by atoms with Gasteiger partial charge < -0.3 is 14.9 Å². The summed E-state index contributed by atoms with van der Waals surface area (Å²) in [6.45, 7) is 0. The third-order valence-electron chi connectivity index (χ3n) is 2.30. The van der Waals surface area contributed by atoms with Crippen molar-refractivity contribution in [2.24, 2.45) is 0 Å². The Morgan fingerprint density at radius 3 is 2.71 bits per heavy atom. The second-order valence-electron chi connectivity index (χ2n) is 3.49. The van der Waals surface area contributed by atoms with Crippen molar-refractivity contribution >= 4 is 18.6 Å². The fourth-order valence-corrected chi connectivity index (χ4v) is 1.57. The quantitative estimate of drug-likeness (QED) is 0.531. The van der Waals surface area contributed by atoms with Crippen molar-refractivity contribution in [1.29, 1.82) is 0 Å². The molecule has 1 aromatic heterocycles. The summed E-state index contributed by atoms with van der Waals surface area (Å²) < 4.78 is 4.52. The number of esters is 1. The molecule has 1 heterocycles. The first-order chi connectivity index (χ1) is 8.10. The Bertz CT molecular complexity index is 368. The van der Waals surface area contributed by atoms with Crippen LogP contribution in [0.3, 0.4) is 0 Å². The molecule has 94 valence electrons. The van der Waals surface area contributed by atoms with Crippen LogP contribution in [0.4, 0.5) is 0 Å². The number of hydrogen-bond donors (Lipinski definition) is 3. The molecule has 0 radical (unpaired) electrons. The van der Waals surface area contributed by atoms with Crippen molar-refractivity contribution in [3.8, 4) is 0 Å². The second-order valence-corrected chi connectivity index (χ2v) is 3.94. The topological polar surface area (TPSA) is 79.7 Å². The number of thiol groups is 1. The molecule has 0 aliphatic heterocycles. The lowest BCUT2D eigenvalue weighted by atomic mass is 10.1. The smallest absolute Gasteiger partial charge is 0.339 e. The zero-order chi connectivity index (χ0) is 12.8. The highest BCUT2D eigenvalue weighted by Gasteiger charge is 2.19. The number of pyridine rings is 1. The van der Waals surface area contributed by atoms with E-state index in [0.29, 0.717) is 23.4 Å². The van der Waals surface area contributed by atoms with E-state index < -0.39 is 18.2 Å². The van der Waals surface area contributed by atoms with Gasteiger partial charge in [0, 0.05) is 6.20 Å². The van der Waals surface area contributed by atoms with E-state index in [9.17, 15) is 15.0 Å². The summed E-state index contributed by atoms with van der Waals surface area (Å²) in [7, 11) is 1.28. The molecule has 0 amide bonds. The third-order valence-corrected chi connectivity index (χ3v) is 2.56. The first-order valence-corrected chi connectivity index (χ1v) is 5.74. The van der Waals surface area contributed by atoms with Gasteiger partial charge in [-0.05, 0) is 24.3 Å². The Balaban J connectivity index is 2.76. The van der Waals surface area contributed by atoms with Gasteiger partial charge in [0.05, 0.1) is 24.5 Å². The van der Waals surface area contributed by atoms with Crippen LogP contribution in [-0.4, -0.2) is 40.1 Å². The first kappa shape index (κ1) is 14.0. The number of hydrogen-bond acceptors (Lipinski definition) is 6. The van der Waals surface area contributed by atoms with Gasteiger partial charge in [-0.25, -0.2) is 4.79 Å². The Morgan fingerprint density at radius 2 is 2.24 bits per heavy atom. The van der Waals surface area contributed by atoms with Gasteiger partial charge in [0.15, 0.2) is 0 Å². The molecule has 0 spiro atoms. The van der Waals surface area contributed by atoms with Crippen LogP contribution in [0.1, 0.15) is 28.6 Å². The van der Waals surface area contributed by atoms with Crippen LogP contribution < -0.4 is 0 Å². The van der Waals surface area contributed by atoms with Crippen molar-refractivity contribution in [1.82, 2.24) is 4.98 Å². The van der Waals surface area contributed by atoms with Crippen molar-refractivity contribution < 1.29 is 19.7 Å². The molecule has 0 aliphatic carbocycles. The number of carbonyl (C=O) groups excluding carboxylic acids is 1. The summed E-state index contributed by atoms with van der Waals surface area (Å²) in [6, 6.07) is 2.98. The molecule has 2 unspecified atom stereocenters. The molecule has 6 heteroatoms. The molecule has 0 saturated heterocycles. The summed E-state index contributed by atoms with van der Waals surface area (Å²) in [6.07, 6.45) is -0.319. The Kier molecular flexibility index (Phi) is 5.40. The van der Waals surface area contributed by atoms with Crippen molar-refractivity contribution in [2.75, 3.05) is 12.9 Å². The summed E-state index contributed by atoms with van der Waals surface area (Å²) in [5.41, 5.74) is 0.610. The number of rotatable bonds is 5. The van der Waals surface area contributed by atoms with Gasteiger partial charge >= 0.3 is 5.97 Å². The van der Waals surface area contributed by atoms with Crippen LogP contribution in [0.5, 0.6) is 0 Å². The summed E-state index contributed by atoms with van der Waals surface area (Å²) in [5, 5.41) is 19.3. The molecule has 2 N–H and O–H groups in total. The number of methoxy groups -OCH3 is 1. The van der Waals surface area contributed by atoms with Crippen molar-refractivity contribution in [3.63, 3.8) is 0 Å². The minimum Gasteiger partial charge on any atom is -0.465 e. The van der Waals surface area contributed by atoms with Gasteiger partial charge in [-0.3, -0.25) is 4.98 Å². The summed E-state index contributed by atoms with van der Waals surface area (Å²) >= 11 is 3.97. The molecule has 0 bridgehead atoms. The molecule has 2 atom stereocenters. The van der Waals surface area contributed by atoms with E-state index >= 15 is 0 Å². The van der Waals surface area contributed by atoms with Gasteiger partial charge in [0.1, 0.15) is 6.10 Å². The largest absolute Gasteiger partial charge is 0.465 e. The standard InChI is InChI=1S/C11H15NO4S/c1-16-11(15)7-2-3-8(12-6-7)10(14)9(13)4-5-17/h2-3,6,9-10,13-14,17H,4-5H2,1H3. The minimum atomic E-state index is -1.08. The fourth-order valence-electron chi connectivity index (χ4n) is 1.31. The highest BCUT2D eigenvalue weighted by Crippen LogP contribution is 2.17. The SMILES string of the molecule is COC(=O)c1ccc(C(O)C(O)CCS)nc1. The van der Waals surface area contributed by atoms with Crippen molar-refractivity contribution in [2.45, 2.75) is 18.6 Å². The van der Waals surface area contributed by atoms with E-state index in [2.05, 4.69) is 22.3 Å². The lowest BCUT2D eigenvalue weighted by Crippen LogP contribution is -2.19. The van der Waals surface area contributed by atoms with Crippen LogP contribution in [0.2, 0.25) is 0 Å². The molecule has 0 aliphatic rings. The minimum absolute atomic E-state index is 0.298. The molecular weight excluding hydrogens is 242 g/mol. The maximum absolute atomic E-state index is 11.1. The normalized spacial score (nSPS) is 14.1. The zero-order valence-corrected chi connectivity index (χ0v) is 10.3. The van der Waals surface area contributed by atoms with Gasteiger partial charge in [0.25, 0.3) is 0 Å². The average molecular weight is 257 g/mol. The third kappa shape index (κ3) is 3.69. The monoisotopic (exact) mass is 257 g/mol. The highest BCUT2D eigenvalue weighted by atomic mass is 32.1. The van der Waals surface area contributed by atoms with Crippen LogP contribution in [0.15, 0.2) is 18.3 Å². The number of aliphatic hydroxyl groups is 2. The maximum atomic E-state index is 11.1. The van der Waals surface area contributed by atoms with E-state index in [1.807, 2.05) is 0 Å². The number of nitrogens with zero attached hydrogens (tertiary/aromatic N) is 1. The predicted molar refractivity (Wildman–Crippen MR) is 65.0 cm³/mol. The highest BCUT2D eigenvalue weighted by molar-refractivity contribution is 7.80. The first-order valence-electron chi connectivity index (χ1n) is 5.11. The van der Waals surface area contributed by atoms with Crippen LogP contribution in [-0.2, 0) is 4.74 Å². The van der Waals surface area contributed by atoms with E-state index in [-0.39, 0.29) is 0 Å². The van der Waals surface area contributed by atoms with Gasteiger partial charge in [-0.15, -0.1) is 0 Å². The van der Waals surface area contributed by atoms with E-state index in [0.717, 1.165) is 0 Å². The zero-order valence-electron chi connectivity index (χ0n) is 9.41. The predicted octanol–water partition coefficient (Wildman–Crippen LogP) is 0.582. The van der Waals surface area contributed by atoms with Crippen LogP contribution in [0.25, 0.3) is 0 Å². The van der Waals surface area contributed by atoms with Gasteiger partial charge in [-0.1, -0.05) is 0 Å². The lowest BCUT2D eigenvalue weighted by Gasteiger charge is -2.16. The summed E-state index contributed by atoms with van der Waals surface area (Å²) in [5.74, 6) is -0.0205. The molecule has 0 aromatic carbocycles. The van der Waals surface area contributed by atoms with E-state index in [4.69, 9.17) is 0 Å². The van der Waals surface area contributed by atoms with Crippen molar-refractivity contribution in [3.05, 3.63) is 29.6 Å². The number of ether oxygens (including phenoxy) is 1. The number of aliphatic hydroxyl groups excluding tert-OH is 2. The molecule has 1 rings (SSSR count).